The van der Waals surface area contributed by atoms with Gasteiger partial charge >= 0.3 is 0 Å². The Morgan fingerprint density at radius 3 is 2.67 bits per heavy atom. The first-order valence-electron chi connectivity index (χ1n) is 12.5. The minimum absolute atomic E-state index is 0.459. The summed E-state index contributed by atoms with van der Waals surface area (Å²) in [4.78, 5) is 19.0. The first-order chi connectivity index (χ1) is 17.5. The molecule has 2 fully saturated rings. The average molecular weight is 492 g/mol. The van der Waals surface area contributed by atoms with E-state index in [2.05, 4.69) is 38.1 Å². The number of benzene rings is 1. The largest absolute Gasteiger partial charge is 0.493 e. The van der Waals surface area contributed by atoms with Gasteiger partial charge in [0.05, 0.1) is 12.3 Å². The molecule has 0 bridgehead atoms. The van der Waals surface area contributed by atoms with Crippen molar-refractivity contribution in [3.05, 3.63) is 54.4 Å². The van der Waals surface area contributed by atoms with Crippen molar-refractivity contribution in [3.8, 4) is 28.6 Å². The highest BCUT2D eigenvalue weighted by Crippen LogP contribution is 2.39. The van der Waals surface area contributed by atoms with Crippen LogP contribution in [0, 0.1) is 0 Å². The van der Waals surface area contributed by atoms with Gasteiger partial charge in [-0.05, 0) is 51.1 Å². The van der Waals surface area contributed by atoms with Crippen LogP contribution >= 0.6 is 0 Å². The first-order valence-corrected chi connectivity index (χ1v) is 12.5. The quantitative estimate of drug-likeness (QED) is 0.486. The fourth-order valence-corrected chi connectivity index (χ4v) is 4.35. The Hall–Kier alpha value is -3.27. The maximum atomic E-state index is 9.64. The number of carbonyl (C=O) groups is 1. The van der Waals surface area contributed by atoms with Gasteiger partial charge in [-0.15, -0.1) is 0 Å². The molecule has 0 spiro atoms. The summed E-state index contributed by atoms with van der Waals surface area (Å²) in [5.74, 6) is 2.70. The van der Waals surface area contributed by atoms with Crippen molar-refractivity contribution in [1.82, 2.24) is 25.0 Å². The van der Waals surface area contributed by atoms with Gasteiger partial charge in [0.2, 0.25) is 5.88 Å². The van der Waals surface area contributed by atoms with Gasteiger partial charge < -0.3 is 29.2 Å². The van der Waals surface area contributed by atoms with Gasteiger partial charge in [0.25, 0.3) is 0 Å². The van der Waals surface area contributed by atoms with Crippen LogP contribution in [0.15, 0.2) is 48.8 Å². The van der Waals surface area contributed by atoms with E-state index in [0.29, 0.717) is 30.9 Å². The highest BCUT2D eigenvalue weighted by Gasteiger charge is 2.39. The van der Waals surface area contributed by atoms with Gasteiger partial charge in [-0.3, -0.25) is 5.10 Å². The third-order valence-electron chi connectivity index (χ3n) is 7.01. The van der Waals surface area contributed by atoms with Gasteiger partial charge in [-0.1, -0.05) is 6.07 Å². The molecular formula is C27H33N5O4. The predicted octanol–water partition coefficient (Wildman–Crippen LogP) is 3.09. The number of rotatable bonds is 7. The standard InChI is InChI=1S/C23H27N5O2.C4H6O2/c1-27-10-12-28(13-11-27)9-7-18-16-29-22-14-19(3-4-20(18)22)30-23-5-2-17(15-24-23)21-6-8-25-26-21;5-3-4(6)1-2-4/h2-6,8,14-15,18H,7,9-13,16H2,1H3,(H,25,26);3,6H,1-2H2. The monoisotopic (exact) mass is 491 g/mol. The number of aldehydes is 1. The van der Waals surface area contributed by atoms with E-state index in [1.54, 1.807) is 12.4 Å². The van der Waals surface area contributed by atoms with Crippen LogP contribution < -0.4 is 9.47 Å². The molecule has 0 amide bonds. The van der Waals surface area contributed by atoms with Gasteiger partial charge in [0.1, 0.15) is 17.1 Å². The molecular weight excluding hydrogens is 458 g/mol. The molecule has 4 heterocycles. The molecule has 6 rings (SSSR count). The van der Waals surface area contributed by atoms with Crippen molar-refractivity contribution in [2.75, 3.05) is 46.4 Å². The van der Waals surface area contributed by atoms with Crippen LogP contribution in [-0.2, 0) is 4.79 Å². The molecule has 1 aromatic carbocycles. The Labute approximate surface area is 211 Å². The summed E-state index contributed by atoms with van der Waals surface area (Å²) in [5.41, 5.74) is 2.31. The normalized spacial score (nSPS) is 20.6. The topological polar surface area (TPSA) is 104 Å². The Morgan fingerprint density at radius 2 is 2.03 bits per heavy atom. The predicted molar refractivity (Wildman–Crippen MR) is 135 cm³/mol. The van der Waals surface area contributed by atoms with E-state index >= 15 is 0 Å². The summed E-state index contributed by atoms with van der Waals surface area (Å²) < 4.78 is 11.9. The van der Waals surface area contributed by atoms with E-state index in [0.717, 1.165) is 68.5 Å². The Bertz CT molecular complexity index is 1140. The molecule has 36 heavy (non-hydrogen) atoms. The smallest absolute Gasteiger partial charge is 0.219 e. The lowest BCUT2D eigenvalue weighted by atomic mass is 9.97. The molecule has 1 saturated carbocycles. The molecule has 2 N–H and O–H groups in total. The fourth-order valence-electron chi connectivity index (χ4n) is 4.35. The van der Waals surface area contributed by atoms with Crippen LogP contribution in [0.4, 0.5) is 0 Å². The summed E-state index contributed by atoms with van der Waals surface area (Å²) in [6, 6.07) is 11.9. The zero-order chi connectivity index (χ0) is 25.0. The molecule has 3 aliphatic rings. The molecule has 9 nitrogen and oxygen atoms in total. The van der Waals surface area contributed by atoms with Crippen molar-refractivity contribution < 1.29 is 19.4 Å². The van der Waals surface area contributed by atoms with Crippen LogP contribution in [0.25, 0.3) is 11.3 Å². The Kier molecular flexibility index (Phi) is 7.31. The van der Waals surface area contributed by atoms with Gasteiger partial charge in [-0.2, -0.15) is 5.10 Å². The van der Waals surface area contributed by atoms with Crippen molar-refractivity contribution >= 4 is 6.29 Å². The van der Waals surface area contributed by atoms with E-state index in [9.17, 15) is 4.79 Å². The first kappa shape index (κ1) is 24.4. The third-order valence-corrected chi connectivity index (χ3v) is 7.01. The number of likely N-dealkylation sites (N-methyl/N-ethyl adjacent to an activating group) is 1. The van der Waals surface area contributed by atoms with Crippen molar-refractivity contribution in [3.63, 3.8) is 0 Å². The summed E-state index contributed by atoms with van der Waals surface area (Å²) in [7, 11) is 2.20. The molecule has 2 aliphatic heterocycles. The van der Waals surface area contributed by atoms with Crippen molar-refractivity contribution in [2.24, 2.45) is 0 Å². The summed E-state index contributed by atoms with van der Waals surface area (Å²) in [5, 5.41) is 15.5. The van der Waals surface area contributed by atoms with Crippen LogP contribution in [0.2, 0.25) is 0 Å². The van der Waals surface area contributed by atoms with E-state index in [-0.39, 0.29) is 0 Å². The number of piperazine rings is 1. The lowest BCUT2D eigenvalue weighted by Gasteiger charge is -2.32. The number of aromatic amines is 1. The average Bonchev–Trinajstić information content (AvgIpc) is 3.26. The molecule has 190 valence electrons. The zero-order valence-corrected chi connectivity index (χ0v) is 20.6. The maximum absolute atomic E-state index is 9.64. The second-order valence-electron chi connectivity index (χ2n) is 9.82. The second-order valence-corrected chi connectivity index (χ2v) is 9.82. The van der Waals surface area contributed by atoms with Gasteiger partial charge in [0, 0.05) is 67.8 Å². The number of nitrogens with zero attached hydrogens (tertiary/aromatic N) is 4. The number of hydrogen-bond acceptors (Lipinski definition) is 8. The summed E-state index contributed by atoms with van der Waals surface area (Å²) in [6.07, 6.45) is 6.57. The van der Waals surface area contributed by atoms with Crippen LogP contribution in [0.5, 0.6) is 17.4 Å². The number of fused-ring (bicyclic) bond motifs is 1. The van der Waals surface area contributed by atoms with Crippen LogP contribution in [0.3, 0.4) is 0 Å². The SMILES string of the molecule is CN1CCN(CCC2COc3cc(Oc4ccc(-c5ccn[nH]5)cn4)ccc32)CC1.O=CC1(O)CC1. The van der Waals surface area contributed by atoms with E-state index < -0.39 is 5.60 Å². The number of aliphatic hydroxyl groups is 1. The minimum Gasteiger partial charge on any atom is -0.493 e. The number of nitrogens with one attached hydrogen (secondary N) is 1. The fraction of sp³-hybridized carbons (Fsp3) is 0.444. The highest BCUT2D eigenvalue weighted by atomic mass is 16.5. The van der Waals surface area contributed by atoms with E-state index in [1.807, 2.05) is 30.3 Å². The van der Waals surface area contributed by atoms with Crippen LogP contribution in [0.1, 0.15) is 30.7 Å². The lowest BCUT2D eigenvalue weighted by Crippen LogP contribution is -2.44. The van der Waals surface area contributed by atoms with Crippen molar-refractivity contribution in [1.29, 1.82) is 0 Å². The van der Waals surface area contributed by atoms with Gasteiger partial charge in [-0.25, -0.2) is 4.98 Å². The number of ether oxygens (including phenoxy) is 2. The number of H-pyrrole nitrogens is 1. The van der Waals surface area contributed by atoms with Gasteiger partial charge in [0.15, 0.2) is 6.29 Å². The number of hydrogen-bond donors (Lipinski definition) is 2. The van der Waals surface area contributed by atoms with E-state index in [4.69, 9.17) is 14.6 Å². The summed E-state index contributed by atoms with van der Waals surface area (Å²) in [6.45, 7) is 6.53. The lowest BCUT2D eigenvalue weighted by molar-refractivity contribution is -0.116. The molecule has 1 atom stereocenters. The Morgan fingerprint density at radius 1 is 1.19 bits per heavy atom. The molecule has 3 aromatic rings. The number of carbonyl (C=O) groups excluding carboxylic acids is 1. The second kappa shape index (κ2) is 10.8. The number of aromatic nitrogens is 3. The van der Waals surface area contributed by atoms with Crippen LogP contribution in [-0.4, -0.2) is 88.4 Å². The number of pyridine rings is 1. The van der Waals surface area contributed by atoms with Crippen molar-refractivity contribution in [2.45, 2.75) is 30.8 Å². The summed E-state index contributed by atoms with van der Waals surface area (Å²) >= 11 is 0. The molecule has 2 aromatic heterocycles. The zero-order valence-electron chi connectivity index (χ0n) is 20.6. The molecule has 0 radical (unpaired) electrons. The minimum atomic E-state index is -0.889. The Balaban J connectivity index is 0.000000391. The molecule has 1 unspecified atom stereocenters. The molecule has 1 saturated heterocycles. The molecule has 1 aliphatic carbocycles. The maximum Gasteiger partial charge on any atom is 0.219 e. The highest BCUT2D eigenvalue weighted by molar-refractivity contribution is 5.66. The third kappa shape index (κ3) is 6.10. The van der Waals surface area contributed by atoms with E-state index in [1.165, 1.54) is 5.56 Å². The molecule has 9 heteroatoms.